The molecule has 2 atom stereocenters. The number of aliphatic hydroxyl groups excluding tert-OH is 1. The molecule has 5 nitrogen and oxygen atoms in total. The van der Waals surface area contributed by atoms with E-state index >= 15 is 0 Å². The normalized spacial score (nSPS) is 16.7. The number of nitrogens with zero attached hydrogens (tertiary/aromatic N) is 1. The van der Waals surface area contributed by atoms with Gasteiger partial charge in [0.05, 0.1) is 0 Å². The summed E-state index contributed by atoms with van der Waals surface area (Å²) in [6.45, 7) is 0.161. The number of ether oxygens (including phenoxy) is 1. The molecule has 0 amide bonds. The Morgan fingerprint density at radius 2 is 2.30 bits per heavy atom. The van der Waals surface area contributed by atoms with Crippen molar-refractivity contribution in [2.24, 2.45) is 5.73 Å². The third-order valence-corrected chi connectivity index (χ3v) is 5.13. The van der Waals surface area contributed by atoms with Gasteiger partial charge < -0.3 is 21.0 Å². The van der Waals surface area contributed by atoms with Crippen LogP contribution in [0.1, 0.15) is 28.8 Å². The van der Waals surface area contributed by atoms with Crippen molar-refractivity contribution in [1.82, 2.24) is 4.98 Å². The lowest BCUT2D eigenvalue weighted by Crippen LogP contribution is -2.40. The first kappa shape index (κ1) is 16.1. The molecular weight excluding hydrogens is 310 g/mol. The predicted octanol–water partition coefficient (Wildman–Crippen LogP) is 2.16. The molecule has 23 heavy (non-hydrogen) atoms. The lowest BCUT2D eigenvalue weighted by atomic mass is 9.97. The van der Waals surface area contributed by atoms with Crippen molar-refractivity contribution in [2.45, 2.75) is 37.8 Å². The van der Waals surface area contributed by atoms with Crippen LogP contribution in [-0.4, -0.2) is 34.6 Å². The zero-order valence-corrected chi connectivity index (χ0v) is 13.7. The third-order valence-electron chi connectivity index (χ3n) is 4.03. The molecule has 4 N–H and O–H groups in total. The van der Waals surface area contributed by atoms with E-state index in [9.17, 15) is 5.11 Å². The fourth-order valence-corrected chi connectivity index (χ4v) is 3.78. The van der Waals surface area contributed by atoms with Gasteiger partial charge in [0.25, 0.3) is 0 Å². The van der Waals surface area contributed by atoms with Gasteiger partial charge in [0.15, 0.2) is 5.06 Å². The average molecular weight is 331 g/mol. The second-order valence-corrected chi connectivity index (χ2v) is 6.94. The summed E-state index contributed by atoms with van der Waals surface area (Å²) in [6.07, 6.45) is 6.16. The molecule has 2 heterocycles. The van der Waals surface area contributed by atoms with E-state index in [2.05, 4.69) is 4.98 Å². The van der Waals surface area contributed by atoms with E-state index in [1.54, 1.807) is 23.7 Å². The molecule has 0 aliphatic heterocycles. The van der Waals surface area contributed by atoms with Crippen molar-refractivity contribution in [2.75, 3.05) is 6.61 Å². The van der Waals surface area contributed by atoms with Crippen LogP contribution in [0, 0.1) is 5.41 Å². The number of fused-ring (bicyclic) bond motifs is 1. The Hall–Kier alpha value is -1.76. The summed E-state index contributed by atoms with van der Waals surface area (Å²) >= 11 is 1.57. The van der Waals surface area contributed by atoms with Gasteiger partial charge in [-0.3, -0.25) is 4.98 Å². The number of hydrogen-bond donors (Lipinski definition) is 3. The number of thiophene rings is 1. The molecule has 0 fully saturated rings. The highest BCUT2D eigenvalue weighted by molar-refractivity contribution is 7.14. The van der Waals surface area contributed by atoms with Crippen molar-refractivity contribution in [1.29, 1.82) is 5.41 Å². The minimum Gasteiger partial charge on any atom is -0.481 e. The van der Waals surface area contributed by atoms with Gasteiger partial charge in [-0.05, 0) is 37.3 Å². The summed E-state index contributed by atoms with van der Waals surface area (Å²) in [5.41, 5.74) is 8.73. The molecule has 0 radical (unpaired) electrons. The number of nitrogens with one attached hydrogen (secondary N) is 1. The SMILES string of the molecule is N=C1CCCc2sc(OCC(O)C(N)Cc3cccnc3)cc21. The van der Waals surface area contributed by atoms with E-state index in [-0.39, 0.29) is 6.61 Å². The highest BCUT2D eigenvalue weighted by atomic mass is 32.1. The van der Waals surface area contributed by atoms with Crippen molar-refractivity contribution in [3.63, 3.8) is 0 Å². The lowest BCUT2D eigenvalue weighted by Gasteiger charge is -2.18. The lowest BCUT2D eigenvalue weighted by molar-refractivity contribution is 0.0868. The molecule has 1 aliphatic carbocycles. The van der Waals surface area contributed by atoms with Gasteiger partial charge in [-0.2, -0.15) is 0 Å². The zero-order valence-electron chi connectivity index (χ0n) is 12.9. The fraction of sp³-hybridized carbons (Fsp3) is 0.412. The molecule has 0 spiro atoms. The van der Waals surface area contributed by atoms with Crippen LogP contribution in [0.3, 0.4) is 0 Å². The molecule has 2 unspecified atom stereocenters. The molecule has 0 aromatic carbocycles. The molecule has 1 aliphatic rings. The quantitative estimate of drug-likeness (QED) is 0.756. The van der Waals surface area contributed by atoms with Gasteiger partial charge in [0, 0.05) is 40.7 Å². The van der Waals surface area contributed by atoms with E-state index in [1.165, 1.54) is 4.88 Å². The van der Waals surface area contributed by atoms with Crippen molar-refractivity contribution < 1.29 is 9.84 Å². The van der Waals surface area contributed by atoms with Gasteiger partial charge in [0.1, 0.15) is 12.7 Å². The van der Waals surface area contributed by atoms with Crippen LogP contribution in [-0.2, 0) is 12.8 Å². The third kappa shape index (κ3) is 3.96. The molecule has 122 valence electrons. The van der Waals surface area contributed by atoms with E-state index in [1.807, 2.05) is 18.2 Å². The highest BCUT2D eigenvalue weighted by Crippen LogP contribution is 2.34. The number of aliphatic hydroxyl groups is 1. The van der Waals surface area contributed by atoms with Gasteiger partial charge in [-0.1, -0.05) is 6.07 Å². The van der Waals surface area contributed by atoms with Crippen LogP contribution < -0.4 is 10.5 Å². The van der Waals surface area contributed by atoms with Crippen LogP contribution in [0.5, 0.6) is 5.06 Å². The second-order valence-electron chi connectivity index (χ2n) is 5.84. The monoisotopic (exact) mass is 331 g/mol. The minimum atomic E-state index is -0.742. The first-order chi connectivity index (χ1) is 11.1. The largest absolute Gasteiger partial charge is 0.481 e. The fourth-order valence-electron chi connectivity index (χ4n) is 2.70. The molecular formula is C17H21N3O2S. The van der Waals surface area contributed by atoms with Crippen LogP contribution in [0.2, 0.25) is 0 Å². The Morgan fingerprint density at radius 1 is 1.43 bits per heavy atom. The van der Waals surface area contributed by atoms with Gasteiger partial charge in [-0.25, -0.2) is 0 Å². The Kier molecular flexibility index (Phi) is 5.05. The maximum Gasteiger partial charge on any atom is 0.174 e. The van der Waals surface area contributed by atoms with Gasteiger partial charge in [-0.15, -0.1) is 11.3 Å². The molecule has 2 aromatic heterocycles. The van der Waals surface area contributed by atoms with E-state index in [4.69, 9.17) is 15.9 Å². The van der Waals surface area contributed by atoms with E-state index in [0.717, 1.165) is 35.5 Å². The molecule has 0 bridgehead atoms. The first-order valence-corrected chi connectivity index (χ1v) is 8.61. The smallest absolute Gasteiger partial charge is 0.174 e. The maximum absolute atomic E-state index is 10.2. The number of rotatable bonds is 6. The standard InChI is InChI=1S/C17H21N3O2S/c18-13-4-1-5-16-12(13)8-17(23-16)22-10-15(21)14(19)7-11-3-2-6-20-9-11/h2-3,6,8-9,14-15,18,21H,1,4-5,7,10,19H2. The molecule has 6 heteroatoms. The van der Waals surface area contributed by atoms with E-state index < -0.39 is 12.1 Å². The molecule has 2 aromatic rings. The molecule has 3 rings (SSSR count). The van der Waals surface area contributed by atoms with Crippen LogP contribution in [0.25, 0.3) is 0 Å². The minimum absolute atomic E-state index is 0.161. The summed E-state index contributed by atoms with van der Waals surface area (Å²) in [5.74, 6) is 0. The van der Waals surface area contributed by atoms with Gasteiger partial charge in [0.2, 0.25) is 0 Å². The first-order valence-electron chi connectivity index (χ1n) is 7.79. The topological polar surface area (TPSA) is 92.2 Å². The summed E-state index contributed by atoms with van der Waals surface area (Å²) < 4.78 is 5.70. The van der Waals surface area contributed by atoms with E-state index in [0.29, 0.717) is 12.1 Å². The summed E-state index contributed by atoms with van der Waals surface area (Å²) in [6, 6.07) is 5.32. The number of aromatic nitrogens is 1. The predicted molar refractivity (Wildman–Crippen MR) is 91.5 cm³/mol. The number of pyridine rings is 1. The number of hydrogen-bond acceptors (Lipinski definition) is 6. The Bertz CT molecular complexity index is 672. The summed E-state index contributed by atoms with van der Waals surface area (Å²) in [7, 11) is 0. The van der Waals surface area contributed by atoms with Crippen molar-refractivity contribution in [3.8, 4) is 5.06 Å². The average Bonchev–Trinajstić information content (AvgIpc) is 2.98. The molecule has 0 saturated carbocycles. The van der Waals surface area contributed by atoms with Crippen LogP contribution in [0.4, 0.5) is 0 Å². The number of aryl methyl sites for hydroxylation is 1. The second kappa shape index (κ2) is 7.21. The summed E-state index contributed by atoms with van der Waals surface area (Å²) in [5, 5.41) is 18.9. The van der Waals surface area contributed by atoms with Crippen molar-refractivity contribution >= 4 is 17.0 Å². The number of nitrogens with two attached hydrogens (primary N) is 1. The zero-order chi connectivity index (χ0) is 16.2. The Morgan fingerprint density at radius 3 is 3.04 bits per heavy atom. The summed E-state index contributed by atoms with van der Waals surface area (Å²) in [4.78, 5) is 5.26. The van der Waals surface area contributed by atoms with Crippen LogP contribution >= 0.6 is 11.3 Å². The van der Waals surface area contributed by atoms with Crippen LogP contribution in [0.15, 0.2) is 30.6 Å². The van der Waals surface area contributed by atoms with Gasteiger partial charge >= 0.3 is 0 Å². The Labute approximate surface area is 139 Å². The van der Waals surface area contributed by atoms with Crippen molar-refractivity contribution in [3.05, 3.63) is 46.6 Å². The Balaban J connectivity index is 1.54. The molecule has 0 saturated heterocycles. The highest BCUT2D eigenvalue weighted by Gasteiger charge is 2.20. The maximum atomic E-state index is 10.2.